The summed E-state index contributed by atoms with van der Waals surface area (Å²) < 4.78 is 5.83. The first kappa shape index (κ1) is 54.3. The van der Waals surface area contributed by atoms with Crippen molar-refractivity contribution in [3.63, 3.8) is 0 Å². The third kappa shape index (κ3) is 39.9. The summed E-state index contributed by atoms with van der Waals surface area (Å²) in [5.74, 6) is 1.43. The van der Waals surface area contributed by atoms with E-state index >= 15 is 0 Å². The fourth-order valence-corrected chi connectivity index (χ4v) is 8.43. The van der Waals surface area contributed by atoms with Gasteiger partial charge < -0.3 is 19.8 Å². The molecule has 55 heavy (non-hydrogen) atoms. The van der Waals surface area contributed by atoms with Gasteiger partial charge in [-0.2, -0.15) is 0 Å². The van der Waals surface area contributed by atoms with Gasteiger partial charge in [0, 0.05) is 19.6 Å². The summed E-state index contributed by atoms with van der Waals surface area (Å²) in [6.07, 6.45) is 45.7. The highest BCUT2D eigenvalue weighted by Crippen LogP contribution is 2.25. The zero-order valence-electron chi connectivity index (χ0n) is 38.1. The Kier molecular flexibility index (Phi) is 43.9. The summed E-state index contributed by atoms with van der Waals surface area (Å²) in [7, 11) is 0. The monoisotopic (exact) mass is 780 g/mol. The molecule has 0 aromatic carbocycles. The molecule has 5 nitrogen and oxygen atoms in total. The Morgan fingerprint density at radius 3 is 1.31 bits per heavy atom. The number of hydrogen-bond acceptors (Lipinski definition) is 5. The molecule has 0 aromatic rings. The molecule has 0 bridgehead atoms. The summed E-state index contributed by atoms with van der Waals surface area (Å²) in [4.78, 5) is 15.1. The maximum atomic E-state index is 12.6. The number of nitrogens with zero attached hydrogens (tertiary/aromatic N) is 1. The van der Waals surface area contributed by atoms with E-state index in [1.807, 2.05) is 0 Å². The van der Waals surface area contributed by atoms with E-state index in [4.69, 9.17) is 4.74 Å². The third-order valence-corrected chi connectivity index (χ3v) is 12.2. The molecule has 0 spiro atoms. The van der Waals surface area contributed by atoms with Crippen LogP contribution in [0.2, 0.25) is 0 Å². The number of rotatable bonds is 46. The Morgan fingerprint density at radius 1 is 0.455 bits per heavy atom. The molecule has 0 amide bonds. The second kappa shape index (κ2) is 44.5. The van der Waals surface area contributed by atoms with Crippen molar-refractivity contribution in [3.8, 4) is 0 Å². The minimum atomic E-state index is -0.253. The van der Waals surface area contributed by atoms with E-state index in [2.05, 4.69) is 32.6 Å². The first-order valence-corrected chi connectivity index (χ1v) is 25.2. The molecule has 0 saturated carbocycles. The summed E-state index contributed by atoms with van der Waals surface area (Å²) in [5, 5.41) is 20.3. The lowest BCUT2D eigenvalue weighted by atomic mass is 9.89. The smallest absolute Gasteiger partial charge is 0.305 e. The predicted molar refractivity (Wildman–Crippen MR) is 241 cm³/mol. The van der Waals surface area contributed by atoms with Crippen LogP contribution >= 0.6 is 0 Å². The molecule has 0 aliphatic rings. The average Bonchev–Trinajstić information content (AvgIpc) is 3.18. The first-order valence-electron chi connectivity index (χ1n) is 25.2. The van der Waals surface area contributed by atoms with Crippen molar-refractivity contribution in [3.05, 3.63) is 0 Å². The topological polar surface area (TPSA) is 70.0 Å². The van der Waals surface area contributed by atoms with Gasteiger partial charge in [0.05, 0.1) is 12.7 Å². The maximum absolute atomic E-state index is 12.6. The van der Waals surface area contributed by atoms with Crippen LogP contribution in [-0.4, -0.2) is 60.0 Å². The standard InChI is InChI=1S/C50H101NO4/c1-5-9-13-17-19-27-36-47(35-25-15-11-7-3)37-29-23-30-40-49(53)45-51(43-33-24-34-44-52)42-32-22-21-31-41-50(54)55-46-48(38-26-16-12-8-4)39-28-20-18-14-10-6-2/h47-49,52-53H,5-46H2,1-4H3. The highest BCUT2D eigenvalue weighted by Gasteiger charge is 2.15. The fraction of sp³-hybridized carbons (Fsp3) is 0.980. The number of unbranched alkanes of at least 4 members (excludes halogenated alkanes) is 23. The van der Waals surface area contributed by atoms with Crippen LogP contribution in [0, 0.1) is 11.8 Å². The molecule has 0 radical (unpaired) electrons. The van der Waals surface area contributed by atoms with Crippen LogP contribution in [0.3, 0.4) is 0 Å². The van der Waals surface area contributed by atoms with Crippen LogP contribution in [-0.2, 0) is 9.53 Å². The number of carbonyl (C=O) groups is 1. The van der Waals surface area contributed by atoms with E-state index in [1.54, 1.807) is 0 Å². The molecule has 3 atom stereocenters. The largest absolute Gasteiger partial charge is 0.465 e. The Bertz CT molecular complexity index is 747. The second-order valence-corrected chi connectivity index (χ2v) is 17.8. The minimum Gasteiger partial charge on any atom is -0.465 e. The van der Waals surface area contributed by atoms with Gasteiger partial charge in [-0.25, -0.2) is 0 Å². The van der Waals surface area contributed by atoms with Gasteiger partial charge in [0.2, 0.25) is 0 Å². The Balaban J connectivity index is 4.46. The number of aliphatic hydroxyl groups is 2. The van der Waals surface area contributed by atoms with Crippen molar-refractivity contribution in [1.82, 2.24) is 4.90 Å². The van der Waals surface area contributed by atoms with Crippen molar-refractivity contribution in [2.45, 2.75) is 271 Å². The number of hydrogen-bond donors (Lipinski definition) is 2. The molecule has 0 saturated heterocycles. The molecule has 0 aliphatic carbocycles. The Morgan fingerprint density at radius 2 is 0.818 bits per heavy atom. The van der Waals surface area contributed by atoms with E-state index in [9.17, 15) is 15.0 Å². The van der Waals surface area contributed by atoms with Crippen LogP contribution in [0.1, 0.15) is 265 Å². The Labute approximate surface area is 345 Å². The third-order valence-electron chi connectivity index (χ3n) is 12.2. The van der Waals surface area contributed by atoms with E-state index in [0.717, 1.165) is 83.3 Å². The molecule has 0 heterocycles. The molecular weight excluding hydrogens is 679 g/mol. The summed E-state index contributed by atoms with van der Waals surface area (Å²) in [6, 6.07) is 0. The molecule has 330 valence electrons. The zero-order chi connectivity index (χ0) is 40.3. The number of esters is 1. The van der Waals surface area contributed by atoms with E-state index in [0.29, 0.717) is 18.9 Å². The number of carbonyl (C=O) groups excluding carboxylic acids is 1. The van der Waals surface area contributed by atoms with E-state index in [1.165, 1.54) is 173 Å². The molecular formula is C50H101NO4. The van der Waals surface area contributed by atoms with Gasteiger partial charge in [-0.05, 0) is 76.3 Å². The molecule has 0 aliphatic heterocycles. The van der Waals surface area contributed by atoms with Gasteiger partial charge in [0.1, 0.15) is 0 Å². The van der Waals surface area contributed by atoms with E-state index in [-0.39, 0.29) is 18.7 Å². The second-order valence-electron chi connectivity index (χ2n) is 17.8. The lowest BCUT2D eigenvalue weighted by Gasteiger charge is -2.25. The fourth-order valence-electron chi connectivity index (χ4n) is 8.43. The molecule has 0 fully saturated rings. The molecule has 0 rings (SSSR count). The van der Waals surface area contributed by atoms with E-state index < -0.39 is 0 Å². The lowest BCUT2D eigenvalue weighted by molar-refractivity contribution is -0.145. The van der Waals surface area contributed by atoms with Crippen LogP contribution < -0.4 is 0 Å². The Hall–Kier alpha value is -0.650. The van der Waals surface area contributed by atoms with Crippen molar-refractivity contribution in [2.75, 3.05) is 32.8 Å². The van der Waals surface area contributed by atoms with Gasteiger partial charge in [-0.1, -0.05) is 207 Å². The highest BCUT2D eigenvalue weighted by atomic mass is 16.5. The van der Waals surface area contributed by atoms with Crippen LogP contribution in [0.5, 0.6) is 0 Å². The lowest BCUT2D eigenvalue weighted by Crippen LogP contribution is -2.34. The predicted octanol–water partition coefficient (Wildman–Crippen LogP) is 14.9. The zero-order valence-corrected chi connectivity index (χ0v) is 38.1. The SMILES string of the molecule is CCCCCCCCC(CCCCCC)CCCCCC(O)CN(CCCCCO)CCCCCCC(=O)OCC(CCCCCC)CCCCCCCC. The number of ether oxygens (including phenoxy) is 1. The number of aliphatic hydroxyl groups excluding tert-OH is 2. The first-order chi connectivity index (χ1) is 27.0. The summed E-state index contributed by atoms with van der Waals surface area (Å²) in [5.41, 5.74) is 0. The average molecular weight is 780 g/mol. The van der Waals surface area contributed by atoms with Crippen molar-refractivity contribution in [2.24, 2.45) is 11.8 Å². The molecule has 0 aromatic heterocycles. The highest BCUT2D eigenvalue weighted by molar-refractivity contribution is 5.69. The molecule has 2 N–H and O–H groups in total. The normalized spacial score (nSPS) is 13.4. The van der Waals surface area contributed by atoms with Crippen molar-refractivity contribution < 1.29 is 19.7 Å². The quantitative estimate of drug-likeness (QED) is 0.0476. The van der Waals surface area contributed by atoms with Gasteiger partial charge >= 0.3 is 5.97 Å². The van der Waals surface area contributed by atoms with Gasteiger partial charge in [0.15, 0.2) is 0 Å². The van der Waals surface area contributed by atoms with Crippen molar-refractivity contribution >= 4 is 5.97 Å². The molecule has 5 heteroatoms. The van der Waals surface area contributed by atoms with Crippen LogP contribution in [0.25, 0.3) is 0 Å². The van der Waals surface area contributed by atoms with Gasteiger partial charge in [0.25, 0.3) is 0 Å². The van der Waals surface area contributed by atoms with Crippen LogP contribution in [0.15, 0.2) is 0 Å². The summed E-state index contributed by atoms with van der Waals surface area (Å²) >= 11 is 0. The summed E-state index contributed by atoms with van der Waals surface area (Å²) in [6.45, 7) is 12.8. The minimum absolute atomic E-state index is 0.00423. The van der Waals surface area contributed by atoms with Gasteiger partial charge in [-0.15, -0.1) is 0 Å². The maximum Gasteiger partial charge on any atom is 0.305 e. The van der Waals surface area contributed by atoms with Gasteiger partial charge in [-0.3, -0.25) is 4.79 Å². The molecule has 3 unspecified atom stereocenters. The van der Waals surface area contributed by atoms with Crippen molar-refractivity contribution in [1.29, 1.82) is 0 Å². The van der Waals surface area contributed by atoms with Crippen LogP contribution in [0.4, 0.5) is 0 Å².